The van der Waals surface area contributed by atoms with Crippen LogP contribution >= 0.6 is 0 Å². The van der Waals surface area contributed by atoms with Crippen molar-refractivity contribution in [3.63, 3.8) is 0 Å². The van der Waals surface area contributed by atoms with Crippen LogP contribution in [0.2, 0.25) is 0 Å². The lowest BCUT2D eigenvalue weighted by Gasteiger charge is -2.14. The maximum absolute atomic E-state index is 13.2. The molecule has 0 heterocycles. The van der Waals surface area contributed by atoms with Gasteiger partial charge >= 0.3 is 5.97 Å². The molecular weight excluding hydrogens is 211 g/mol. The normalized spacial score (nSPS) is 11.9. The number of carbonyl (C=O) groups excluding carboxylic acids is 1. The summed E-state index contributed by atoms with van der Waals surface area (Å²) in [6, 6.07) is 6.09. The molecule has 0 bridgehead atoms. The van der Waals surface area contributed by atoms with E-state index in [4.69, 9.17) is 9.47 Å². The highest BCUT2D eigenvalue weighted by atomic mass is 19.1. The fraction of sp³-hybridized carbons (Fsp3) is 0.417. The van der Waals surface area contributed by atoms with E-state index in [1.54, 1.807) is 26.0 Å². The fourth-order valence-electron chi connectivity index (χ4n) is 1.25. The summed E-state index contributed by atoms with van der Waals surface area (Å²) >= 11 is 0. The Morgan fingerprint density at radius 2 is 2.12 bits per heavy atom. The van der Waals surface area contributed by atoms with E-state index in [-0.39, 0.29) is 18.1 Å². The predicted octanol–water partition coefficient (Wildman–Crippen LogP) is 2.55. The summed E-state index contributed by atoms with van der Waals surface area (Å²) in [5.41, 5.74) is 0. The Labute approximate surface area is 94.2 Å². The van der Waals surface area contributed by atoms with Crippen LogP contribution in [-0.4, -0.2) is 18.7 Å². The van der Waals surface area contributed by atoms with Gasteiger partial charge in [-0.1, -0.05) is 12.1 Å². The molecule has 1 atom stereocenters. The van der Waals surface area contributed by atoms with Crippen molar-refractivity contribution in [1.29, 1.82) is 0 Å². The average Bonchev–Trinajstić information content (AvgIpc) is 2.21. The molecule has 0 amide bonds. The van der Waals surface area contributed by atoms with Crippen molar-refractivity contribution in [3.8, 4) is 5.75 Å². The van der Waals surface area contributed by atoms with Gasteiger partial charge in [-0.2, -0.15) is 0 Å². The molecule has 0 saturated heterocycles. The van der Waals surface area contributed by atoms with Gasteiger partial charge in [-0.15, -0.1) is 0 Å². The second kappa shape index (κ2) is 6.10. The van der Waals surface area contributed by atoms with Crippen LogP contribution in [0.5, 0.6) is 5.75 Å². The molecule has 1 aromatic carbocycles. The summed E-state index contributed by atoms with van der Waals surface area (Å²) in [7, 11) is 0. The van der Waals surface area contributed by atoms with E-state index in [1.165, 1.54) is 12.1 Å². The highest BCUT2D eigenvalue weighted by Gasteiger charge is 2.12. The van der Waals surface area contributed by atoms with Crippen LogP contribution in [-0.2, 0) is 9.53 Å². The van der Waals surface area contributed by atoms with Gasteiger partial charge in [-0.3, -0.25) is 4.79 Å². The van der Waals surface area contributed by atoms with Crippen molar-refractivity contribution in [2.45, 2.75) is 26.4 Å². The molecule has 0 unspecified atom stereocenters. The van der Waals surface area contributed by atoms with E-state index in [9.17, 15) is 9.18 Å². The zero-order valence-electron chi connectivity index (χ0n) is 9.40. The van der Waals surface area contributed by atoms with Crippen molar-refractivity contribution in [2.24, 2.45) is 0 Å². The SMILES string of the molecule is CCOC(=O)C[C@@H](C)Oc1ccccc1F. The molecule has 1 aromatic rings. The number of ether oxygens (including phenoxy) is 2. The van der Waals surface area contributed by atoms with E-state index in [1.807, 2.05) is 0 Å². The standard InChI is InChI=1S/C12H15FO3/c1-3-15-12(14)8-9(2)16-11-7-5-4-6-10(11)13/h4-7,9H,3,8H2,1-2H3/t9-/m1/s1. The minimum absolute atomic E-state index is 0.113. The van der Waals surface area contributed by atoms with E-state index in [0.717, 1.165) is 0 Å². The van der Waals surface area contributed by atoms with Crippen LogP contribution < -0.4 is 4.74 Å². The molecule has 0 aliphatic rings. The van der Waals surface area contributed by atoms with Gasteiger partial charge in [0.15, 0.2) is 11.6 Å². The number of carbonyl (C=O) groups is 1. The molecule has 0 radical (unpaired) electrons. The second-order valence-electron chi connectivity index (χ2n) is 3.37. The minimum Gasteiger partial charge on any atom is -0.487 e. The molecule has 0 saturated carbocycles. The summed E-state index contributed by atoms with van der Waals surface area (Å²) in [6.45, 7) is 3.77. The third-order valence-corrected chi connectivity index (χ3v) is 1.92. The summed E-state index contributed by atoms with van der Waals surface area (Å²) in [6.07, 6.45) is -0.293. The summed E-state index contributed by atoms with van der Waals surface area (Å²) < 4.78 is 23.2. The zero-order valence-corrected chi connectivity index (χ0v) is 9.40. The number of halogens is 1. The summed E-state index contributed by atoms with van der Waals surface area (Å²) in [4.78, 5) is 11.1. The molecule has 0 spiro atoms. The summed E-state index contributed by atoms with van der Waals surface area (Å²) in [5, 5.41) is 0. The quantitative estimate of drug-likeness (QED) is 0.724. The lowest BCUT2D eigenvalue weighted by atomic mass is 10.2. The molecule has 1 rings (SSSR count). The molecule has 0 N–H and O–H groups in total. The number of hydrogen-bond acceptors (Lipinski definition) is 3. The fourth-order valence-corrected chi connectivity index (χ4v) is 1.25. The number of rotatable bonds is 5. The zero-order chi connectivity index (χ0) is 12.0. The molecule has 4 heteroatoms. The molecular formula is C12H15FO3. The van der Waals surface area contributed by atoms with Crippen molar-refractivity contribution in [1.82, 2.24) is 0 Å². The van der Waals surface area contributed by atoms with Gasteiger partial charge in [0.25, 0.3) is 0 Å². The van der Waals surface area contributed by atoms with Gasteiger partial charge < -0.3 is 9.47 Å². The number of para-hydroxylation sites is 1. The molecule has 3 nitrogen and oxygen atoms in total. The van der Waals surface area contributed by atoms with Crippen LogP contribution in [0.15, 0.2) is 24.3 Å². The number of benzene rings is 1. The second-order valence-corrected chi connectivity index (χ2v) is 3.37. The number of hydrogen-bond donors (Lipinski definition) is 0. The van der Waals surface area contributed by atoms with Crippen LogP contribution in [0.4, 0.5) is 4.39 Å². The Morgan fingerprint density at radius 1 is 1.44 bits per heavy atom. The van der Waals surface area contributed by atoms with Gasteiger partial charge in [0, 0.05) is 0 Å². The molecule has 0 aromatic heterocycles. The first-order valence-electron chi connectivity index (χ1n) is 5.20. The van der Waals surface area contributed by atoms with Crippen molar-refractivity contribution < 1.29 is 18.7 Å². The van der Waals surface area contributed by atoms with E-state index in [2.05, 4.69) is 0 Å². The first-order chi connectivity index (χ1) is 7.63. The van der Waals surface area contributed by atoms with Gasteiger partial charge in [0.1, 0.15) is 6.10 Å². The Balaban J connectivity index is 2.48. The Morgan fingerprint density at radius 3 is 2.75 bits per heavy atom. The van der Waals surface area contributed by atoms with Gasteiger partial charge in [-0.05, 0) is 26.0 Å². The minimum atomic E-state index is -0.432. The Kier molecular flexibility index (Phi) is 4.76. The lowest BCUT2D eigenvalue weighted by molar-refractivity contribution is -0.144. The monoisotopic (exact) mass is 226 g/mol. The lowest BCUT2D eigenvalue weighted by Crippen LogP contribution is -2.19. The van der Waals surface area contributed by atoms with Gasteiger partial charge in [0.05, 0.1) is 13.0 Å². The van der Waals surface area contributed by atoms with E-state index >= 15 is 0 Å². The van der Waals surface area contributed by atoms with Gasteiger partial charge in [0.2, 0.25) is 0 Å². The Bertz CT molecular complexity index is 352. The van der Waals surface area contributed by atoms with Crippen LogP contribution in [0.25, 0.3) is 0 Å². The predicted molar refractivity (Wildman–Crippen MR) is 57.7 cm³/mol. The average molecular weight is 226 g/mol. The highest BCUT2D eigenvalue weighted by Crippen LogP contribution is 2.17. The van der Waals surface area contributed by atoms with Gasteiger partial charge in [-0.25, -0.2) is 4.39 Å². The maximum atomic E-state index is 13.2. The maximum Gasteiger partial charge on any atom is 0.309 e. The first kappa shape index (κ1) is 12.5. The molecule has 0 aliphatic heterocycles. The number of esters is 1. The topological polar surface area (TPSA) is 35.5 Å². The molecule has 0 aliphatic carbocycles. The van der Waals surface area contributed by atoms with Crippen molar-refractivity contribution in [2.75, 3.05) is 6.61 Å². The molecule has 0 fully saturated rings. The third kappa shape index (κ3) is 3.88. The third-order valence-electron chi connectivity index (χ3n) is 1.92. The van der Waals surface area contributed by atoms with Crippen molar-refractivity contribution in [3.05, 3.63) is 30.1 Å². The van der Waals surface area contributed by atoms with Crippen LogP contribution in [0.1, 0.15) is 20.3 Å². The van der Waals surface area contributed by atoms with Crippen molar-refractivity contribution >= 4 is 5.97 Å². The van der Waals surface area contributed by atoms with Crippen LogP contribution in [0.3, 0.4) is 0 Å². The first-order valence-corrected chi connectivity index (χ1v) is 5.20. The molecule has 16 heavy (non-hydrogen) atoms. The molecule has 88 valence electrons. The highest BCUT2D eigenvalue weighted by molar-refractivity contribution is 5.69. The Hall–Kier alpha value is -1.58. The smallest absolute Gasteiger partial charge is 0.309 e. The largest absolute Gasteiger partial charge is 0.487 e. The van der Waals surface area contributed by atoms with E-state index < -0.39 is 11.9 Å². The van der Waals surface area contributed by atoms with E-state index in [0.29, 0.717) is 6.61 Å². The van der Waals surface area contributed by atoms with Crippen LogP contribution in [0, 0.1) is 5.82 Å². The summed E-state index contributed by atoms with van der Waals surface area (Å²) in [5.74, 6) is -0.621.